The molecule has 0 spiro atoms. The van der Waals surface area contributed by atoms with E-state index < -0.39 is 6.04 Å². The summed E-state index contributed by atoms with van der Waals surface area (Å²) in [5.74, 6) is 0.0417. The highest BCUT2D eigenvalue weighted by Crippen LogP contribution is 2.20. The number of amides is 2. The van der Waals surface area contributed by atoms with Gasteiger partial charge in [-0.15, -0.1) is 0 Å². The standard InChI is InChI=1S/C18H26FN3O3/c1-12(2)10-21-17(23)9-16-18(24)20-6-7-22(16)11-13-4-5-14(25-3)8-15(13)19/h4-5,8,12,16H,6-7,9-11H2,1-3H3,(H,20,24)(H,21,23). The van der Waals surface area contributed by atoms with Crippen LogP contribution in [0.5, 0.6) is 5.75 Å². The van der Waals surface area contributed by atoms with Crippen molar-refractivity contribution in [3.63, 3.8) is 0 Å². The van der Waals surface area contributed by atoms with Gasteiger partial charge in [-0.2, -0.15) is 0 Å². The highest BCUT2D eigenvalue weighted by Gasteiger charge is 2.32. The Hall–Kier alpha value is -2.15. The van der Waals surface area contributed by atoms with Crippen molar-refractivity contribution in [2.75, 3.05) is 26.7 Å². The molecule has 2 rings (SSSR count). The molecule has 1 heterocycles. The molecule has 6 nitrogen and oxygen atoms in total. The fourth-order valence-corrected chi connectivity index (χ4v) is 2.74. The predicted octanol–water partition coefficient (Wildman–Crippen LogP) is 1.30. The maximum atomic E-state index is 14.2. The number of methoxy groups -OCH3 is 1. The van der Waals surface area contributed by atoms with Crippen molar-refractivity contribution in [1.82, 2.24) is 15.5 Å². The second-order valence-corrected chi connectivity index (χ2v) is 6.64. The predicted molar refractivity (Wildman–Crippen MR) is 92.6 cm³/mol. The average Bonchev–Trinajstić information content (AvgIpc) is 2.57. The van der Waals surface area contributed by atoms with Crippen LogP contribution in [0, 0.1) is 11.7 Å². The first kappa shape index (κ1) is 19.2. The molecule has 0 radical (unpaired) electrons. The van der Waals surface area contributed by atoms with Crippen LogP contribution >= 0.6 is 0 Å². The highest BCUT2D eigenvalue weighted by molar-refractivity contribution is 5.88. The first-order valence-electron chi connectivity index (χ1n) is 8.51. The third-order valence-corrected chi connectivity index (χ3v) is 4.16. The van der Waals surface area contributed by atoms with Gasteiger partial charge in [0.05, 0.1) is 19.6 Å². The zero-order valence-electron chi connectivity index (χ0n) is 15.0. The van der Waals surface area contributed by atoms with Crippen LogP contribution in [0.2, 0.25) is 0 Å². The number of hydrogen-bond acceptors (Lipinski definition) is 4. The van der Waals surface area contributed by atoms with Crippen molar-refractivity contribution in [3.05, 3.63) is 29.6 Å². The summed E-state index contributed by atoms with van der Waals surface area (Å²) in [6, 6.07) is 4.06. The summed E-state index contributed by atoms with van der Waals surface area (Å²) in [7, 11) is 1.48. The lowest BCUT2D eigenvalue weighted by Gasteiger charge is -2.34. The van der Waals surface area contributed by atoms with Crippen molar-refractivity contribution in [2.24, 2.45) is 5.92 Å². The number of nitrogens with zero attached hydrogens (tertiary/aromatic N) is 1. The van der Waals surface area contributed by atoms with Crippen LogP contribution in [-0.4, -0.2) is 49.5 Å². The largest absolute Gasteiger partial charge is 0.497 e. The molecule has 1 fully saturated rings. The monoisotopic (exact) mass is 351 g/mol. The molecule has 0 saturated carbocycles. The summed E-state index contributed by atoms with van der Waals surface area (Å²) in [4.78, 5) is 26.2. The van der Waals surface area contributed by atoms with E-state index in [0.29, 0.717) is 36.9 Å². The van der Waals surface area contributed by atoms with Crippen LogP contribution in [0.4, 0.5) is 4.39 Å². The lowest BCUT2D eigenvalue weighted by atomic mass is 10.1. The van der Waals surface area contributed by atoms with Gasteiger partial charge in [-0.3, -0.25) is 14.5 Å². The summed E-state index contributed by atoms with van der Waals surface area (Å²) < 4.78 is 19.2. The van der Waals surface area contributed by atoms with E-state index in [0.717, 1.165) is 0 Å². The third kappa shape index (κ3) is 5.42. The van der Waals surface area contributed by atoms with E-state index in [9.17, 15) is 14.0 Å². The van der Waals surface area contributed by atoms with Crippen LogP contribution in [0.25, 0.3) is 0 Å². The minimum Gasteiger partial charge on any atom is -0.497 e. The molecular formula is C18H26FN3O3. The van der Waals surface area contributed by atoms with E-state index in [4.69, 9.17) is 4.74 Å². The molecule has 1 unspecified atom stereocenters. The first-order chi connectivity index (χ1) is 11.9. The molecule has 0 aliphatic carbocycles. The van der Waals surface area contributed by atoms with Crippen LogP contribution < -0.4 is 15.4 Å². The summed E-state index contributed by atoms with van der Waals surface area (Å²) in [5, 5.41) is 5.60. The molecule has 138 valence electrons. The summed E-state index contributed by atoms with van der Waals surface area (Å²) in [5.41, 5.74) is 0.475. The summed E-state index contributed by atoms with van der Waals surface area (Å²) in [6.45, 7) is 5.91. The molecule has 1 aromatic rings. The lowest BCUT2D eigenvalue weighted by molar-refractivity contribution is -0.134. The Balaban J connectivity index is 2.06. The zero-order chi connectivity index (χ0) is 18.4. The molecule has 0 aromatic heterocycles. The Morgan fingerprint density at radius 1 is 1.48 bits per heavy atom. The number of ether oxygens (including phenoxy) is 1. The van der Waals surface area contributed by atoms with Crippen molar-refractivity contribution in [2.45, 2.75) is 32.9 Å². The van der Waals surface area contributed by atoms with Gasteiger partial charge in [0.1, 0.15) is 11.6 Å². The average molecular weight is 351 g/mol. The molecule has 1 saturated heterocycles. The number of carbonyl (C=O) groups excluding carboxylic acids is 2. The van der Waals surface area contributed by atoms with Gasteiger partial charge in [-0.1, -0.05) is 19.9 Å². The smallest absolute Gasteiger partial charge is 0.237 e. The number of carbonyl (C=O) groups is 2. The second-order valence-electron chi connectivity index (χ2n) is 6.64. The van der Waals surface area contributed by atoms with Crippen molar-refractivity contribution < 1.29 is 18.7 Å². The maximum Gasteiger partial charge on any atom is 0.237 e. The molecule has 7 heteroatoms. The number of halogens is 1. The van der Waals surface area contributed by atoms with Crippen LogP contribution in [0.1, 0.15) is 25.8 Å². The molecular weight excluding hydrogens is 325 g/mol. The number of nitrogens with one attached hydrogen (secondary N) is 2. The molecule has 1 aliphatic rings. The SMILES string of the molecule is COc1ccc(CN2CCNC(=O)C2CC(=O)NCC(C)C)c(F)c1. The fraction of sp³-hybridized carbons (Fsp3) is 0.556. The molecule has 2 N–H and O–H groups in total. The number of piperazine rings is 1. The zero-order valence-corrected chi connectivity index (χ0v) is 15.0. The minimum absolute atomic E-state index is 0.0658. The first-order valence-corrected chi connectivity index (χ1v) is 8.51. The minimum atomic E-state index is -0.595. The molecule has 0 bridgehead atoms. The van der Waals surface area contributed by atoms with Gasteiger partial charge in [0.15, 0.2) is 0 Å². The number of benzene rings is 1. The Morgan fingerprint density at radius 2 is 2.24 bits per heavy atom. The Labute approximate surface area is 147 Å². The topological polar surface area (TPSA) is 70.7 Å². The van der Waals surface area contributed by atoms with Crippen LogP contribution in [-0.2, 0) is 16.1 Å². The third-order valence-electron chi connectivity index (χ3n) is 4.16. The van der Waals surface area contributed by atoms with E-state index in [1.807, 2.05) is 18.7 Å². The van der Waals surface area contributed by atoms with Gasteiger partial charge < -0.3 is 15.4 Å². The van der Waals surface area contributed by atoms with Gasteiger partial charge in [0.2, 0.25) is 11.8 Å². The molecule has 1 aromatic carbocycles. The maximum absolute atomic E-state index is 14.2. The van der Waals surface area contributed by atoms with Gasteiger partial charge >= 0.3 is 0 Å². The van der Waals surface area contributed by atoms with Gasteiger partial charge in [-0.25, -0.2) is 4.39 Å². The van der Waals surface area contributed by atoms with Gasteiger partial charge in [0, 0.05) is 37.8 Å². The van der Waals surface area contributed by atoms with Gasteiger partial charge in [0.25, 0.3) is 0 Å². The second kappa shape index (κ2) is 8.80. The highest BCUT2D eigenvalue weighted by atomic mass is 19.1. The van der Waals surface area contributed by atoms with Crippen LogP contribution in [0.15, 0.2) is 18.2 Å². The van der Waals surface area contributed by atoms with E-state index in [1.54, 1.807) is 12.1 Å². The summed E-state index contributed by atoms with van der Waals surface area (Å²) in [6.07, 6.45) is 0.0658. The quantitative estimate of drug-likeness (QED) is 0.777. The van der Waals surface area contributed by atoms with E-state index in [2.05, 4.69) is 10.6 Å². The van der Waals surface area contributed by atoms with Crippen molar-refractivity contribution >= 4 is 11.8 Å². The molecule has 25 heavy (non-hydrogen) atoms. The molecule has 2 amide bonds. The fourth-order valence-electron chi connectivity index (χ4n) is 2.74. The molecule has 1 atom stereocenters. The Kier molecular flexibility index (Phi) is 6.75. The van der Waals surface area contributed by atoms with Crippen molar-refractivity contribution in [1.29, 1.82) is 0 Å². The Bertz CT molecular complexity index is 622. The van der Waals surface area contributed by atoms with E-state index >= 15 is 0 Å². The number of rotatable bonds is 7. The summed E-state index contributed by atoms with van der Waals surface area (Å²) >= 11 is 0. The van der Waals surface area contributed by atoms with Crippen molar-refractivity contribution in [3.8, 4) is 5.75 Å². The Morgan fingerprint density at radius 3 is 2.88 bits per heavy atom. The lowest BCUT2D eigenvalue weighted by Crippen LogP contribution is -2.56. The van der Waals surface area contributed by atoms with Gasteiger partial charge in [-0.05, 0) is 12.0 Å². The van der Waals surface area contributed by atoms with E-state index in [1.165, 1.54) is 13.2 Å². The number of hydrogen-bond donors (Lipinski definition) is 2. The van der Waals surface area contributed by atoms with Crippen LogP contribution in [0.3, 0.4) is 0 Å². The molecule has 1 aliphatic heterocycles. The van der Waals surface area contributed by atoms with E-state index in [-0.39, 0.29) is 30.6 Å². The normalized spacial score (nSPS) is 18.1.